The number of nitrogens with zero attached hydrogens (tertiary/aromatic N) is 1. The molecule has 0 spiro atoms. The maximum atomic E-state index is 12.7. The van der Waals surface area contributed by atoms with E-state index in [4.69, 9.17) is 0 Å². The Bertz CT molecular complexity index is 913. The minimum atomic E-state index is -0.994. The third-order valence-corrected chi connectivity index (χ3v) is 5.17. The first-order valence-electron chi connectivity index (χ1n) is 7.75. The third-order valence-electron chi connectivity index (χ3n) is 4.23. The van der Waals surface area contributed by atoms with E-state index in [2.05, 4.69) is 5.32 Å². The van der Waals surface area contributed by atoms with Crippen molar-refractivity contribution in [2.45, 2.75) is 17.9 Å². The second-order valence-corrected chi connectivity index (χ2v) is 7.26. The summed E-state index contributed by atoms with van der Waals surface area (Å²) in [6, 6.07) is 15.1. The van der Waals surface area contributed by atoms with Crippen LogP contribution in [0.5, 0.6) is 0 Å². The molecular weight excluding hydrogens is 320 g/mol. The summed E-state index contributed by atoms with van der Waals surface area (Å²) in [5.41, 5.74) is 2.69. The van der Waals surface area contributed by atoms with Gasteiger partial charge in [-0.05, 0) is 42.8 Å². The van der Waals surface area contributed by atoms with E-state index in [1.165, 1.54) is 0 Å². The molecule has 0 aliphatic heterocycles. The van der Waals surface area contributed by atoms with E-state index in [1.54, 1.807) is 6.26 Å². The molecule has 2 aromatic carbocycles. The highest BCUT2D eigenvalue weighted by Gasteiger charge is 2.15. The second-order valence-electron chi connectivity index (χ2n) is 5.88. The number of amides is 1. The van der Waals surface area contributed by atoms with Gasteiger partial charge in [-0.2, -0.15) is 0 Å². The molecule has 1 heterocycles. The number of rotatable bonds is 4. The van der Waals surface area contributed by atoms with Gasteiger partial charge < -0.3 is 9.88 Å². The van der Waals surface area contributed by atoms with Crippen LogP contribution in [-0.4, -0.2) is 20.9 Å². The highest BCUT2D eigenvalue weighted by atomic mass is 32.2. The average molecular weight is 340 g/mol. The smallest absolute Gasteiger partial charge is 0.252 e. The number of carbonyl (C=O) groups excluding carboxylic acids is 1. The highest BCUT2D eigenvalue weighted by Crippen LogP contribution is 2.21. The molecule has 4 nitrogen and oxygen atoms in total. The van der Waals surface area contributed by atoms with Crippen molar-refractivity contribution in [3.8, 4) is 0 Å². The molecule has 0 aliphatic carbocycles. The Labute approximate surface area is 143 Å². The van der Waals surface area contributed by atoms with Gasteiger partial charge in [0.2, 0.25) is 0 Å². The molecule has 0 saturated heterocycles. The van der Waals surface area contributed by atoms with Crippen LogP contribution >= 0.6 is 0 Å². The minimum Gasteiger partial charge on any atom is -0.351 e. The predicted octanol–water partition coefficient (Wildman–Crippen LogP) is 3.41. The van der Waals surface area contributed by atoms with Crippen LogP contribution in [0.2, 0.25) is 0 Å². The lowest BCUT2D eigenvalue weighted by molar-refractivity contribution is 0.0941. The van der Waals surface area contributed by atoms with Crippen LogP contribution in [0, 0.1) is 0 Å². The molecule has 1 amide bonds. The largest absolute Gasteiger partial charge is 0.351 e. The van der Waals surface area contributed by atoms with Gasteiger partial charge in [0.25, 0.3) is 5.91 Å². The third kappa shape index (κ3) is 3.12. The van der Waals surface area contributed by atoms with Gasteiger partial charge in [-0.3, -0.25) is 9.00 Å². The number of hydrogen-bond acceptors (Lipinski definition) is 2. The van der Waals surface area contributed by atoms with E-state index in [9.17, 15) is 9.00 Å². The zero-order valence-electron chi connectivity index (χ0n) is 13.9. The number of benzene rings is 2. The van der Waals surface area contributed by atoms with Crippen molar-refractivity contribution < 1.29 is 9.00 Å². The van der Waals surface area contributed by atoms with Gasteiger partial charge in [0.05, 0.1) is 6.04 Å². The fraction of sp³-hybridized carbons (Fsp3) is 0.211. The van der Waals surface area contributed by atoms with Gasteiger partial charge in [0.1, 0.15) is 0 Å². The monoisotopic (exact) mass is 340 g/mol. The summed E-state index contributed by atoms with van der Waals surface area (Å²) >= 11 is 0. The van der Waals surface area contributed by atoms with Crippen LogP contribution in [0.15, 0.2) is 59.6 Å². The first-order valence-corrected chi connectivity index (χ1v) is 9.31. The Morgan fingerprint density at radius 3 is 2.50 bits per heavy atom. The van der Waals surface area contributed by atoms with E-state index < -0.39 is 10.8 Å². The summed E-state index contributed by atoms with van der Waals surface area (Å²) in [6.07, 6.45) is 3.61. The van der Waals surface area contributed by atoms with Crippen molar-refractivity contribution in [2.24, 2.45) is 7.05 Å². The van der Waals surface area contributed by atoms with Crippen LogP contribution in [0.4, 0.5) is 0 Å². The van der Waals surface area contributed by atoms with Crippen molar-refractivity contribution in [2.75, 3.05) is 6.26 Å². The quantitative estimate of drug-likeness (QED) is 0.791. The lowest BCUT2D eigenvalue weighted by atomic mass is 10.1. The average Bonchev–Trinajstić information content (AvgIpc) is 2.96. The summed E-state index contributed by atoms with van der Waals surface area (Å²) < 4.78 is 13.5. The topological polar surface area (TPSA) is 51.1 Å². The molecule has 124 valence electrons. The number of aromatic nitrogens is 1. The second kappa shape index (κ2) is 6.61. The lowest BCUT2D eigenvalue weighted by Crippen LogP contribution is -2.26. The van der Waals surface area contributed by atoms with E-state index in [-0.39, 0.29) is 11.9 Å². The summed E-state index contributed by atoms with van der Waals surface area (Å²) in [5.74, 6) is -0.0950. The molecule has 0 fully saturated rings. The molecule has 1 N–H and O–H groups in total. The van der Waals surface area contributed by atoms with Gasteiger partial charge in [-0.25, -0.2) is 0 Å². The van der Waals surface area contributed by atoms with Crippen LogP contribution < -0.4 is 5.32 Å². The molecule has 0 aliphatic rings. The molecular formula is C19H20N2O2S. The first-order chi connectivity index (χ1) is 11.5. The van der Waals surface area contributed by atoms with Crippen molar-refractivity contribution in [1.82, 2.24) is 9.88 Å². The van der Waals surface area contributed by atoms with Crippen molar-refractivity contribution in [3.63, 3.8) is 0 Å². The fourth-order valence-corrected chi connectivity index (χ4v) is 3.33. The van der Waals surface area contributed by atoms with Gasteiger partial charge in [-0.15, -0.1) is 0 Å². The zero-order chi connectivity index (χ0) is 17.3. The Morgan fingerprint density at radius 1 is 1.12 bits per heavy atom. The van der Waals surface area contributed by atoms with Gasteiger partial charge >= 0.3 is 0 Å². The predicted molar refractivity (Wildman–Crippen MR) is 97.6 cm³/mol. The number of aryl methyl sites for hydroxylation is 1. The molecule has 2 atom stereocenters. The molecule has 3 rings (SSSR count). The minimum absolute atomic E-state index is 0.0950. The number of nitrogens with one attached hydrogen (secondary N) is 1. The van der Waals surface area contributed by atoms with E-state index in [1.807, 2.05) is 73.3 Å². The Morgan fingerprint density at radius 2 is 1.83 bits per heavy atom. The number of carbonyl (C=O) groups is 1. The highest BCUT2D eigenvalue weighted by molar-refractivity contribution is 7.84. The number of hydrogen-bond donors (Lipinski definition) is 1. The Balaban J connectivity index is 1.81. The summed E-state index contributed by atoms with van der Waals surface area (Å²) in [7, 11) is 0.970. The molecule has 0 bridgehead atoms. The molecule has 0 radical (unpaired) electrons. The van der Waals surface area contributed by atoms with Crippen molar-refractivity contribution in [1.29, 1.82) is 0 Å². The maximum Gasteiger partial charge on any atom is 0.252 e. The molecule has 0 saturated carbocycles. The SMILES string of the molecule is C[C@@H](NC(=O)c1cccc2c1ccn2C)c1ccc([S@@](C)=O)cc1. The van der Waals surface area contributed by atoms with E-state index >= 15 is 0 Å². The maximum absolute atomic E-state index is 12.7. The Kier molecular flexibility index (Phi) is 4.53. The molecule has 3 aromatic rings. The standard InChI is InChI=1S/C19H20N2O2S/c1-13(14-7-9-15(10-8-14)24(3)23)20-19(22)17-5-4-6-18-16(17)11-12-21(18)2/h4-13H,1-3H3,(H,20,22)/t13-,24-/m1/s1. The number of fused-ring (bicyclic) bond motifs is 1. The summed E-state index contributed by atoms with van der Waals surface area (Å²) in [5, 5.41) is 3.98. The zero-order valence-corrected chi connectivity index (χ0v) is 14.8. The Hall–Kier alpha value is -2.40. The molecule has 24 heavy (non-hydrogen) atoms. The van der Waals surface area contributed by atoms with Crippen LogP contribution in [0.3, 0.4) is 0 Å². The first kappa shape index (κ1) is 16.5. The van der Waals surface area contributed by atoms with Gasteiger partial charge in [-0.1, -0.05) is 18.2 Å². The molecule has 1 aromatic heterocycles. The summed E-state index contributed by atoms with van der Waals surface area (Å²) in [6.45, 7) is 1.95. The van der Waals surface area contributed by atoms with Crippen LogP contribution in [0.1, 0.15) is 28.9 Å². The normalized spacial score (nSPS) is 13.6. The van der Waals surface area contributed by atoms with Gasteiger partial charge in [0, 0.05) is 51.7 Å². The van der Waals surface area contributed by atoms with Crippen molar-refractivity contribution >= 4 is 27.6 Å². The van der Waals surface area contributed by atoms with E-state index in [0.717, 1.165) is 21.4 Å². The van der Waals surface area contributed by atoms with Crippen LogP contribution in [-0.2, 0) is 17.8 Å². The van der Waals surface area contributed by atoms with Gasteiger partial charge in [0.15, 0.2) is 0 Å². The van der Waals surface area contributed by atoms with E-state index in [0.29, 0.717) is 5.56 Å². The van der Waals surface area contributed by atoms with Crippen molar-refractivity contribution in [3.05, 3.63) is 65.9 Å². The molecule has 0 unspecified atom stereocenters. The fourth-order valence-electron chi connectivity index (χ4n) is 2.81. The lowest BCUT2D eigenvalue weighted by Gasteiger charge is -2.15. The van der Waals surface area contributed by atoms with Crippen LogP contribution in [0.25, 0.3) is 10.9 Å². The summed E-state index contributed by atoms with van der Waals surface area (Å²) in [4.78, 5) is 13.4. The molecule has 5 heteroatoms.